The summed E-state index contributed by atoms with van der Waals surface area (Å²) in [7, 11) is 0. The summed E-state index contributed by atoms with van der Waals surface area (Å²) in [6, 6.07) is 12.4. The molecule has 0 saturated carbocycles. The molecule has 0 radical (unpaired) electrons. The molecule has 0 saturated heterocycles. The van der Waals surface area contributed by atoms with Gasteiger partial charge in [0.25, 0.3) is 0 Å². The van der Waals surface area contributed by atoms with Gasteiger partial charge in [0.1, 0.15) is 6.54 Å². The van der Waals surface area contributed by atoms with Gasteiger partial charge in [0, 0.05) is 10.7 Å². The second kappa shape index (κ2) is 8.32. The minimum atomic E-state index is -0.867. The fourth-order valence-electron chi connectivity index (χ4n) is 3.08. The minimum Gasteiger partial charge on any atom is -0.368 e. The molecule has 3 N–H and O–H groups in total. The van der Waals surface area contributed by atoms with Crippen LogP contribution >= 0.6 is 22.9 Å². The maximum Gasteiger partial charge on any atom is 0.355 e. The normalized spacial score (nSPS) is 11.0. The Morgan fingerprint density at radius 2 is 1.87 bits per heavy atom. The van der Waals surface area contributed by atoms with Crippen LogP contribution in [0.4, 0.5) is 11.6 Å². The molecule has 0 aliphatic heterocycles. The van der Waals surface area contributed by atoms with Crippen molar-refractivity contribution in [1.82, 2.24) is 19.1 Å². The van der Waals surface area contributed by atoms with Gasteiger partial charge < -0.3 is 11.1 Å². The van der Waals surface area contributed by atoms with Crippen molar-refractivity contribution in [1.29, 1.82) is 0 Å². The van der Waals surface area contributed by atoms with Crippen LogP contribution in [0.2, 0.25) is 5.02 Å². The van der Waals surface area contributed by atoms with E-state index in [-0.39, 0.29) is 12.5 Å². The van der Waals surface area contributed by atoms with Crippen molar-refractivity contribution in [2.45, 2.75) is 20.0 Å². The summed E-state index contributed by atoms with van der Waals surface area (Å²) in [5, 5.41) is 4.53. The predicted octanol–water partition coefficient (Wildman–Crippen LogP) is 2.25. The molecule has 1 amide bonds. The van der Waals surface area contributed by atoms with E-state index in [0.29, 0.717) is 15.3 Å². The van der Waals surface area contributed by atoms with Crippen molar-refractivity contribution in [2.24, 2.45) is 5.73 Å². The SMILES string of the molecule is Cc1nc2ccc(Nc3nc(=O)n(CC(N)=O)c(=O)n3Cc3ccc(Cl)cc3)cc2s1. The van der Waals surface area contributed by atoms with E-state index < -0.39 is 23.8 Å². The Bertz CT molecular complexity index is 1410. The van der Waals surface area contributed by atoms with E-state index >= 15 is 0 Å². The van der Waals surface area contributed by atoms with Crippen LogP contribution in [0, 0.1) is 6.92 Å². The number of rotatable bonds is 6. The topological polar surface area (TPSA) is 125 Å². The van der Waals surface area contributed by atoms with Gasteiger partial charge in [0.15, 0.2) is 0 Å². The number of primary amides is 1. The Morgan fingerprint density at radius 3 is 2.58 bits per heavy atom. The smallest absolute Gasteiger partial charge is 0.355 e. The molecule has 31 heavy (non-hydrogen) atoms. The molecule has 2 aromatic heterocycles. The number of aromatic nitrogens is 4. The number of hydrogen-bond acceptors (Lipinski definition) is 7. The molecule has 158 valence electrons. The van der Waals surface area contributed by atoms with Gasteiger partial charge in [-0.25, -0.2) is 19.1 Å². The van der Waals surface area contributed by atoms with Crippen LogP contribution in [0.1, 0.15) is 10.6 Å². The number of nitrogens with two attached hydrogens (primary N) is 1. The van der Waals surface area contributed by atoms with Crippen molar-refractivity contribution in [3.63, 3.8) is 0 Å². The number of anilines is 2. The fraction of sp³-hybridized carbons (Fsp3) is 0.150. The van der Waals surface area contributed by atoms with Gasteiger partial charge in [-0.2, -0.15) is 4.98 Å². The first kappa shape index (κ1) is 20.8. The molecule has 9 nitrogen and oxygen atoms in total. The highest BCUT2D eigenvalue weighted by atomic mass is 35.5. The molecular formula is C20H17ClN6O3S. The third kappa shape index (κ3) is 4.49. The molecule has 0 aliphatic carbocycles. The molecule has 11 heteroatoms. The van der Waals surface area contributed by atoms with Crippen molar-refractivity contribution in [3.05, 3.63) is 79.0 Å². The number of nitrogens with zero attached hydrogens (tertiary/aromatic N) is 4. The number of fused-ring (bicyclic) bond motifs is 1. The molecule has 0 fully saturated rings. The zero-order valence-electron chi connectivity index (χ0n) is 16.3. The maximum atomic E-state index is 13.0. The van der Waals surface area contributed by atoms with E-state index in [9.17, 15) is 14.4 Å². The third-order valence-electron chi connectivity index (χ3n) is 4.47. The molecular weight excluding hydrogens is 440 g/mol. The first-order valence-corrected chi connectivity index (χ1v) is 10.4. The lowest BCUT2D eigenvalue weighted by Gasteiger charge is -2.15. The van der Waals surface area contributed by atoms with E-state index in [2.05, 4.69) is 15.3 Å². The molecule has 0 aliphatic rings. The summed E-state index contributed by atoms with van der Waals surface area (Å²) < 4.78 is 2.94. The monoisotopic (exact) mass is 456 g/mol. The van der Waals surface area contributed by atoms with Crippen molar-refractivity contribution >= 4 is 50.7 Å². The van der Waals surface area contributed by atoms with Crippen LogP contribution in [0.15, 0.2) is 52.1 Å². The van der Waals surface area contributed by atoms with Crippen molar-refractivity contribution in [2.75, 3.05) is 5.32 Å². The molecule has 4 aromatic rings. The second-order valence-electron chi connectivity index (χ2n) is 6.81. The van der Waals surface area contributed by atoms with E-state index in [0.717, 1.165) is 20.8 Å². The third-order valence-corrected chi connectivity index (χ3v) is 5.65. The van der Waals surface area contributed by atoms with Crippen LogP contribution in [0.3, 0.4) is 0 Å². The lowest BCUT2D eigenvalue weighted by molar-refractivity contribution is -0.118. The second-order valence-corrected chi connectivity index (χ2v) is 8.48. The summed E-state index contributed by atoms with van der Waals surface area (Å²) in [5.74, 6) is -0.767. The van der Waals surface area contributed by atoms with Crippen LogP contribution in [0.25, 0.3) is 10.2 Å². The summed E-state index contributed by atoms with van der Waals surface area (Å²) in [6.45, 7) is 1.46. The number of carbonyl (C=O) groups excluding carboxylic acids is 1. The summed E-state index contributed by atoms with van der Waals surface area (Å²) in [5.41, 5.74) is 5.87. The molecule has 0 unspecified atom stereocenters. The van der Waals surface area contributed by atoms with Crippen molar-refractivity contribution in [3.8, 4) is 0 Å². The number of nitrogens with one attached hydrogen (secondary N) is 1. The number of hydrogen-bond donors (Lipinski definition) is 2. The van der Waals surface area contributed by atoms with E-state index in [1.165, 1.54) is 15.9 Å². The molecule has 2 heterocycles. The van der Waals surface area contributed by atoms with Gasteiger partial charge in [-0.05, 0) is 42.8 Å². The quantitative estimate of drug-likeness (QED) is 0.458. The van der Waals surface area contributed by atoms with E-state index in [1.54, 1.807) is 30.3 Å². The van der Waals surface area contributed by atoms with Crippen LogP contribution in [-0.2, 0) is 17.9 Å². The number of carbonyl (C=O) groups is 1. The van der Waals surface area contributed by atoms with E-state index in [4.69, 9.17) is 17.3 Å². The Balaban J connectivity index is 1.80. The highest BCUT2D eigenvalue weighted by Gasteiger charge is 2.16. The summed E-state index contributed by atoms with van der Waals surface area (Å²) in [4.78, 5) is 45.2. The van der Waals surface area contributed by atoms with Gasteiger partial charge in [0.2, 0.25) is 11.9 Å². The largest absolute Gasteiger partial charge is 0.368 e. The Morgan fingerprint density at radius 1 is 1.13 bits per heavy atom. The van der Waals surface area contributed by atoms with Gasteiger partial charge in [-0.3, -0.25) is 9.36 Å². The van der Waals surface area contributed by atoms with Gasteiger partial charge in [-0.1, -0.05) is 23.7 Å². The first-order valence-electron chi connectivity index (χ1n) is 9.19. The highest BCUT2D eigenvalue weighted by Crippen LogP contribution is 2.26. The van der Waals surface area contributed by atoms with Gasteiger partial charge in [-0.15, -0.1) is 11.3 Å². The lowest BCUT2D eigenvalue weighted by atomic mass is 10.2. The number of aryl methyl sites for hydroxylation is 1. The molecule has 2 aromatic carbocycles. The molecule has 0 spiro atoms. The zero-order valence-corrected chi connectivity index (χ0v) is 17.9. The lowest BCUT2D eigenvalue weighted by Crippen LogP contribution is -2.45. The number of amides is 1. The minimum absolute atomic E-state index is 0.0475. The van der Waals surface area contributed by atoms with Gasteiger partial charge >= 0.3 is 11.4 Å². The molecule has 4 rings (SSSR count). The van der Waals surface area contributed by atoms with Crippen LogP contribution in [-0.4, -0.2) is 25.0 Å². The Kier molecular flexibility index (Phi) is 5.57. The summed E-state index contributed by atoms with van der Waals surface area (Å²) >= 11 is 7.47. The Labute approximate surface area is 184 Å². The average molecular weight is 457 g/mol. The zero-order chi connectivity index (χ0) is 22.1. The fourth-order valence-corrected chi connectivity index (χ4v) is 4.07. The number of benzene rings is 2. The number of thiazole rings is 1. The average Bonchev–Trinajstić information content (AvgIpc) is 3.09. The molecule has 0 bridgehead atoms. The highest BCUT2D eigenvalue weighted by molar-refractivity contribution is 7.18. The van der Waals surface area contributed by atoms with Crippen LogP contribution in [0.5, 0.6) is 0 Å². The molecule has 0 atom stereocenters. The number of halogens is 1. The standard InChI is InChI=1S/C20H17ClN6O3S/c1-11-23-15-7-6-14(8-16(15)31-11)24-18-25-19(29)27(10-17(22)28)20(30)26(18)9-12-2-4-13(21)5-3-12/h2-8H,9-10H2,1H3,(H2,22,28)(H,24,25,29). The van der Waals surface area contributed by atoms with E-state index in [1.807, 2.05) is 19.1 Å². The summed E-state index contributed by atoms with van der Waals surface area (Å²) in [6.07, 6.45) is 0. The van der Waals surface area contributed by atoms with Crippen LogP contribution < -0.4 is 22.4 Å². The predicted molar refractivity (Wildman–Crippen MR) is 120 cm³/mol. The van der Waals surface area contributed by atoms with Gasteiger partial charge in [0.05, 0.1) is 21.8 Å². The Hall–Kier alpha value is -3.50. The maximum absolute atomic E-state index is 13.0. The van der Waals surface area contributed by atoms with Crippen molar-refractivity contribution < 1.29 is 4.79 Å². The first-order chi connectivity index (χ1) is 14.8.